The van der Waals surface area contributed by atoms with Crippen LogP contribution in [0.2, 0.25) is 0 Å². The summed E-state index contributed by atoms with van der Waals surface area (Å²) in [6.07, 6.45) is 8.96. The second kappa shape index (κ2) is 9.58. The van der Waals surface area contributed by atoms with Crippen molar-refractivity contribution in [3.63, 3.8) is 0 Å². The largest absolute Gasteiger partial charge is 0.478 e. The van der Waals surface area contributed by atoms with Gasteiger partial charge < -0.3 is 10.0 Å². The summed E-state index contributed by atoms with van der Waals surface area (Å²) in [5.74, 6) is 1.83. The number of aromatic carboxylic acids is 1. The van der Waals surface area contributed by atoms with Crippen LogP contribution in [0.15, 0.2) is 54.6 Å². The molecule has 3 nitrogen and oxygen atoms in total. The van der Waals surface area contributed by atoms with Crippen molar-refractivity contribution in [2.45, 2.75) is 50.9 Å². The Balaban J connectivity index is 1.11. The topological polar surface area (TPSA) is 40.5 Å². The van der Waals surface area contributed by atoms with Crippen LogP contribution in [0, 0.1) is 11.8 Å². The number of carbonyl (C=O) groups is 1. The Kier molecular flexibility index (Phi) is 6.66. The Labute approximate surface area is 174 Å². The van der Waals surface area contributed by atoms with Crippen LogP contribution in [0.4, 0.5) is 0 Å². The lowest BCUT2D eigenvalue weighted by molar-refractivity contribution is 0.0696. The Morgan fingerprint density at radius 3 is 2.55 bits per heavy atom. The lowest BCUT2D eigenvalue weighted by Crippen LogP contribution is -2.34. The molecule has 154 valence electrons. The van der Waals surface area contributed by atoms with Gasteiger partial charge in [-0.1, -0.05) is 48.9 Å². The van der Waals surface area contributed by atoms with Crippen molar-refractivity contribution in [3.8, 4) is 0 Å². The van der Waals surface area contributed by atoms with Gasteiger partial charge in [0, 0.05) is 0 Å². The zero-order valence-electron chi connectivity index (χ0n) is 17.3. The fourth-order valence-corrected chi connectivity index (χ4v) is 4.99. The Bertz CT molecular complexity index is 795. The summed E-state index contributed by atoms with van der Waals surface area (Å²) in [4.78, 5) is 13.7. The van der Waals surface area contributed by atoms with Crippen molar-refractivity contribution in [1.29, 1.82) is 0 Å². The number of carboxylic acids is 1. The van der Waals surface area contributed by atoms with Crippen LogP contribution in [0.3, 0.4) is 0 Å². The van der Waals surface area contributed by atoms with Crippen molar-refractivity contribution in [2.75, 3.05) is 19.6 Å². The molecule has 0 aromatic heterocycles. The number of hydrogen-bond donors (Lipinski definition) is 1. The number of likely N-dealkylation sites (tertiary alicyclic amines) is 1. The molecule has 0 spiro atoms. The third-order valence-corrected chi connectivity index (χ3v) is 6.92. The van der Waals surface area contributed by atoms with E-state index in [0.717, 1.165) is 42.7 Å². The van der Waals surface area contributed by atoms with Crippen molar-refractivity contribution < 1.29 is 9.90 Å². The molecule has 2 aliphatic rings. The summed E-state index contributed by atoms with van der Waals surface area (Å²) >= 11 is 0. The predicted molar refractivity (Wildman–Crippen MR) is 117 cm³/mol. The summed E-state index contributed by atoms with van der Waals surface area (Å²) in [6.45, 7) is 3.59. The van der Waals surface area contributed by atoms with Gasteiger partial charge >= 0.3 is 5.97 Å². The predicted octanol–water partition coefficient (Wildman–Crippen LogP) is 5.61. The number of benzene rings is 2. The highest BCUT2D eigenvalue weighted by Crippen LogP contribution is 2.50. The molecule has 1 aliphatic carbocycles. The maximum atomic E-state index is 11.1. The number of piperidine rings is 1. The second-order valence-electron chi connectivity index (χ2n) is 8.98. The van der Waals surface area contributed by atoms with Crippen LogP contribution in [-0.2, 0) is 6.42 Å². The van der Waals surface area contributed by atoms with E-state index in [1.165, 1.54) is 45.2 Å². The molecule has 1 saturated carbocycles. The van der Waals surface area contributed by atoms with E-state index in [1.54, 1.807) is 11.6 Å². The lowest BCUT2D eigenvalue weighted by atomic mass is 9.90. The third-order valence-electron chi connectivity index (χ3n) is 6.92. The zero-order chi connectivity index (χ0) is 20.1. The first kappa shape index (κ1) is 20.2. The van der Waals surface area contributed by atoms with Gasteiger partial charge in [-0.2, -0.15) is 0 Å². The van der Waals surface area contributed by atoms with Gasteiger partial charge in [0.25, 0.3) is 0 Å². The van der Waals surface area contributed by atoms with Gasteiger partial charge in [-0.05, 0) is 99.2 Å². The van der Waals surface area contributed by atoms with Crippen LogP contribution < -0.4 is 0 Å². The summed E-state index contributed by atoms with van der Waals surface area (Å²) in [6, 6.07) is 18.4. The second-order valence-corrected chi connectivity index (χ2v) is 8.98. The number of nitrogens with zero attached hydrogens (tertiary/aromatic N) is 1. The van der Waals surface area contributed by atoms with Crippen LogP contribution >= 0.6 is 0 Å². The molecule has 2 aromatic rings. The third kappa shape index (κ3) is 5.70. The number of rotatable bonds is 9. The van der Waals surface area contributed by atoms with Gasteiger partial charge in [-0.15, -0.1) is 0 Å². The van der Waals surface area contributed by atoms with Gasteiger partial charge in [0.15, 0.2) is 0 Å². The van der Waals surface area contributed by atoms with Gasteiger partial charge in [-0.3, -0.25) is 0 Å². The van der Waals surface area contributed by atoms with Gasteiger partial charge in [0.2, 0.25) is 0 Å². The Morgan fingerprint density at radius 1 is 1.00 bits per heavy atom. The smallest absolute Gasteiger partial charge is 0.335 e. The van der Waals surface area contributed by atoms with E-state index in [0.29, 0.717) is 5.56 Å². The van der Waals surface area contributed by atoms with E-state index in [4.69, 9.17) is 5.11 Å². The minimum atomic E-state index is -0.838. The van der Waals surface area contributed by atoms with E-state index in [-0.39, 0.29) is 0 Å². The molecule has 0 radical (unpaired) electrons. The molecule has 0 unspecified atom stereocenters. The molecule has 2 aromatic carbocycles. The Morgan fingerprint density at radius 2 is 1.79 bits per heavy atom. The quantitative estimate of drug-likeness (QED) is 0.604. The minimum absolute atomic E-state index is 0.397. The highest BCUT2D eigenvalue weighted by molar-refractivity contribution is 5.87. The molecule has 1 saturated heterocycles. The monoisotopic (exact) mass is 391 g/mol. The van der Waals surface area contributed by atoms with Crippen LogP contribution in [0.5, 0.6) is 0 Å². The fraction of sp³-hybridized carbons (Fsp3) is 0.500. The standard InChI is InChI=1S/C26H33NO2/c28-26(29)24-10-4-6-21(18-24)7-5-15-27-16-13-20(14-17-27)11-12-23-19-25(23)22-8-2-1-3-9-22/h1-4,6,8-10,18,20,23,25H,5,7,11-17,19H2,(H,28,29)/t23-,25+/m0/s1. The SMILES string of the molecule is O=C(O)c1cccc(CCCN2CCC(CC[C@H]3C[C@@H]3c3ccccc3)CC2)c1. The summed E-state index contributed by atoms with van der Waals surface area (Å²) in [5, 5.41) is 9.11. The van der Waals surface area contributed by atoms with Crippen molar-refractivity contribution in [3.05, 3.63) is 71.3 Å². The van der Waals surface area contributed by atoms with E-state index in [2.05, 4.69) is 35.2 Å². The Hall–Kier alpha value is -2.13. The van der Waals surface area contributed by atoms with E-state index in [1.807, 2.05) is 18.2 Å². The van der Waals surface area contributed by atoms with Crippen LogP contribution in [0.1, 0.15) is 65.9 Å². The molecule has 0 bridgehead atoms. The fourth-order valence-electron chi connectivity index (χ4n) is 4.99. The zero-order valence-corrected chi connectivity index (χ0v) is 17.3. The molecule has 1 aliphatic heterocycles. The van der Waals surface area contributed by atoms with Crippen molar-refractivity contribution in [1.82, 2.24) is 4.90 Å². The van der Waals surface area contributed by atoms with Crippen molar-refractivity contribution >= 4 is 5.97 Å². The van der Waals surface area contributed by atoms with E-state index >= 15 is 0 Å². The normalized spacial score (nSPS) is 22.5. The molecular weight excluding hydrogens is 358 g/mol. The summed E-state index contributed by atoms with van der Waals surface area (Å²) in [5.41, 5.74) is 3.08. The summed E-state index contributed by atoms with van der Waals surface area (Å²) < 4.78 is 0. The molecule has 0 amide bonds. The molecule has 1 heterocycles. The van der Waals surface area contributed by atoms with Gasteiger partial charge in [0.1, 0.15) is 0 Å². The molecule has 4 rings (SSSR count). The first-order chi connectivity index (χ1) is 14.2. The molecular formula is C26H33NO2. The van der Waals surface area contributed by atoms with Gasteiger partial charge in [0.05, 0.1) is 5.56 Å². The maximum absolute atomic E-state index is 11.1. The highest BCUT2D eigenvalue weighted by Gasteiger charge is 2.37. The molecule has 29 heavy (non-hydrogen) atoms. The summed E-state index contributed by atoms with van der Waals surface area (Å²) in [7, 11) is 0. The highest BCUT2D eigenvalue weighted by atomic mass is 16.4. The average molecular weight is 392 g/mol. The lowest BCUT2D eigenvalue weighted by Gasteiger charge is -2.32. The molecule has 3 heteroatoms. The number of carboxylic acid groups (broad SMARTS) is 1. The van der Waals surface area contributed by atoms with Crippen LogP contribution in [0.25, 0.3) is 0 Å². The first-order valence-electron chi connectivity index (χ1n) is 11.3. The minimum Gasteiger partial charge on any atom is -0.478 e. The molecule has 2 atom stereocenters. The maximum Gasteiger partial charge on any atom is 0.335 e. The number of aryl methyl sites for hydroxylation is 1. The van der Waals surface area contributed by atoms with Crippen molar-refractivity contribution in [2.24, 2.45) is 11.8 Å². The first-order valence-corrected chi connectivity index (χ1v) is 11.3. The average Bonchev–Trinajstić information content (AvgIpc) is 3.54. The van der Waals surface area contributed by atoms with Crippen LogP contribution in [-0.4, -0.2) is 35.6 Å². The van der Waals surface area contributed by atoms with E-state index < -0.39 is 5.97 Å². The van der Waals surface area contributed by atoms with E-state index in [9.17, 15) is 4.79 Å². The molecule has 1 N–H and O–H groups in total. The van der Waals surface area contributed by atoms with Gasteiger partial charge in [-0.25, -0.2) is 4.79 Å². The number of hydrogen-bond acceptors (Lipinski definition) is 2. The molecule has 2 fully saturated rings.